The highest BCUT2D eigenvalue weighted by molar-refractivity contribution is 9.11. The molecule has 3 N–H and O–H groups in total. The molecule has 1 unspecified atom stereocenters. The molecule has 1 aromatic carbocycles. The molecule has 1 aromatic rings. The maximum Gasteiger partial charge on any atom is 0.133 e. The molecule has 0 saturated carbocycles. The van der Waals surface area contributed by atoms with Gasteiger partial charge in [0.2, 0.25) is 0 Å². The van der Waals surface area contributed by atoms with Crippen LogP contribution in [0.3, 0.4) is 0 Å². The molecular weight excluding hydrogens is 352 g/mol. The van der Waals surface area contributed by atoms with E-state index < -0.39 is 0 Å². The largest absolute Gasteiger partial charge is 0.490 e. The lowest BCUT2D eigenvalue weighted by molar-refractivity contribution is 0.0792. The van der Waals surface area contributed by atoms with Gasteiger partial charge >= 0.3 is 0 Å². The van der Waals surface area contributed by atoms with Crippen molar-refractivity contribution in [2.45, 2.75) is 13.0 Å². The Kier molecular flexibility index (Phi) is 5.94. The summed E-state index contributed by atoms with van der Waals surface area (Å²) in [5.41, 5.74) is 5.27. The molecule has 0 spiro atoms. The van der Waals surface area contributed by atoms with Crippen molar-refractivity contribution in [3.8, 4) is 5.75 Å². The standard InChI is InChI=1S/C11H14Br2N2O2/c1-7(11(14)15)16-4-5-17-10-3-2-8(12)6-9(10)13/h2-3,6-7H,4-5H2,1H3,(H3,14,15). The molecule has 1 rings (SSSR count). The fraction of sp³-hybridized carbons (Fsp3) is 0.364. The molecule has 4 nitrogen and oxygen atoms in total. The van der Waals surface area contributed by atoms with E-state index in [1.54, 1.807) is 6.92 Å². The molecule has 0 aliphatic heterocycles. The molecule has 0 fully saturated rings. The summed E-state index contributed by atoms with van der Waals surface area (Å²) >= 11 is 6.77. The average Bonchev–Trinajstić information content (AvgIpc) is 2.26. The summed E-state index contributed by atoms with van der Waals surface area (Å²) in [4.78, 5) is 0. The van der Waals surface area contributed by atoms with Crippen LogP contribution in [0.5, 0.6) is 5.75 Å². The highest BCUT2D eigenvalue weighted by Gasteiger charge is 2.05. The van der Waals surface area contributed by atoms with Gasteiger partial charge in [-0.05, 0) is 41.1 Å². The summed E-state index contributed by atoms with van der Waals surface area (Å²) in [6, 6.07) is 5.68. The minimum absolute atomic E-state index is 0.0230. The van der Waals surface area contributed by atoms with Crippen LogP contribution in [0.15, 0.2) is 27.1 Å². The molecule has 1 atom stereocenters. The van der Waals surface area contributed by atoms with Crippen LogP contribution in [-0.4, -0.2) is 25.2 Å². The lowest BCUT2D eigenvalue weighted by Gasteiger charge is -2.12. The third-order valence-corrected chi connectivity index (χ3v) is 3.15. The van der Waals surface area contributed by atoms with Crippen molar-refractivity contribution in [2.24, 2.45) is 5.73 Å². The van der Waals surface area contributed by atoms with Crippen molar-refractivity contribution in [1.82, 2.24) is 0 Å². The fourth-order valence-electron chi connectivity index (χ4n) is 1.06. The summed E-state index contributed by atoms with van der Waals surface area (Å²) in [7, 11) is 0. The van der Waals surface area contributed by atoms with Gasteiger partial charge in [-0.1, -0.05) is 15.9 Å². The summed E-state index contributed by atoms with van der Waals surface area (Å²) in [5.74, 6) is 0.780. The van der Waals surface area contributed by atoms with Gasteiger partial charge in [0.1, 0.15) is 24.3 Å². The van der Waals surface area contributed by atoms with Crippen LogP contribution < -0.4 is 10.5 Å². The van der Waals surface area contributed by atoms with Gasteiger partial charge in [-0.2, -0.15) is 0 Å². The first-order valence-electron chi connectivity index (χ1n) is 5.04. The van der Waals surface area contributed by atoms with Crippen molar-refractivity contribution in [3.63, 3.8) is 0 Å². The zero-order valence-corrected chi connectivity index (χ0v) is 12.5. The first-order valence-corrected chi connectivity index (χ1v) is 6.62. The van der Waals surface area contributed by atoms with E-state index in [0.717, 1.165) is 14.7 Å². The van der Waals surface area contributed by atoms with Crippen LogP contribution in [0.2, 0.25) is 0 Å². The number of nitrogens with one attached hydrogen (secondary N) is 1. The molecule has 0 saturated heterocycles. The number of rotatable bonds is 6. The molecule has 0 aliphatic rings. The molecule has 94 valence electrons. The van der Waals surface area contributed by atoms with Gasteiger partial charge in [0, 0.05) is 4.47 Å². The van der Waals surface area contributed by atoms with Gasteiger partial charge in [-0.25, -0.2) is 0 Å². The van der Waals surface area contributed by atoms with E-state index in [1.807, 2.05) is 18.2 Å². The third kappa shape index (κ3) is 5.06. The SMILES string of the molecule is CC(OCCOc1ccc(Br)cc1Br)C(=N)N. The van der Waals surface area contributed by atoms with Gasteiger partial charge in [0.05, 0.1) is 11.1 Å². The van der Waals surface area contributed by atoms with Crippen LogP contribution in [0, 0.1) is 5.41 Å². The summed E-state index contributed by atoms with van der Waals surface area (Å²) in [6.07, 6.45) is -0.369. The predicted molar refractivity (Wildman–Crippen MR) is 74.7 cm³/mol. The summed E-state index contributed by atoms with van der Waals surface area (Å²) in [5, 5.41) is 7.16. The number of amidine groups is 1. The maximum atomic E-state index is 7.16. The third-order valence-electron chi connectivity index (χ3n) is 2.04. The molecule has 0 radical (unpaired) electrons. The van der Waals surface area contributed by atoms with E-state index in [0.29, 0.717) is 13.2 Å². The molecule has 0 amide bonds. The highest BCUT2D eigenvalue weighted by Crippen LogP contribution is 2.28. The van der Waals surface area contributed by atoms with Crippen LogP contribution >= 0.6 is 31.9 Å². The Hall–Kier alpha value is -0.590. The molecule has 0 aromatic heterocycles. The zero-order chi connectivity index (χ0) is 12.8. The lowest BCUT2D eigenvalue weighted by Crippen LogP contribution is -2.28. The zero-order valence-electron chi connectivity index (χ0n) is 9.37. The van der Waals surface area contributed by atoms with E-state index in [2.05, 4.69) is 31.9 Å². The first-order chi connectivity index (χ1) is 8.00. The molecule has 17 heavy (non-hydrogen) atoms. The molecule has 0 heterocycles. The minimum Gasteiger partial charge on any atom is -0.490 e. The van der Waals surface area contributed by atoms with Crippen molar-refractivity contribution in [1.29, 1.82) is 5.41 Å². The Morgan fingerprint density at radius 1 is 1.41 bits per heavy atom. The van der Waals surface area contributed by atoms with Crippen molar-refractivity contribution >= 4 is 37.7 Å². The first kappa shape index (κ1) is 14.5. The second kappa shape index (κ2) is 6.98. The smallest absolute Gasteiger partial charge is 0.133 e. The van der Waals surface area contributed by atoms with Crippen molar-refractivity contribution in [3.05, 3.63) is 27.1 Å². The summed E-state index contributed by atoms with van der Waals surface area (Å²) < 4.78 is 12.7. The monoisotopic (exact) mass is 364 g/mol. The minimum atomic E-state index is -0.369. The highest BCUT2D eigenvalue weighted by atomic mass is 79.9. The topological polar surface area (TPSA) is 68.3 Å². The number of hydrogen-bond acceptors (Lipinski definition) is 3. The Labute approximate surface area is 117 Å². The van der Waals surface area contributed by atoms with Crippen molar-refractivity contribution < 1.29 is 9.47 Å². The van der Waals surface area contributed by atoms with Gasteiger partial charge in [0.15, 0.2) is 0 Å². The Morgan fingerprint density at radius 2 is 2.12 bits per heavy atom. The number of hydrogen-bond donors (Lipinski definition) is 2. The second-order valence-corrected chi connectivity index (χ2v) is 5.16. The molecule has 0 aliphatic carbocycles. The van der Waals surface area contributed by atoms with Gasteiger partial charge < -0.3 is 15.2 Å². The van der Waals surface area contributed by atoms with Gasteiger partial charge in [-0.3, -0.25) is 5.41 Å². The second-order valence-electron chi connectivity index (χ2n) is 3.39. The van der Waals surface area contributed by atoms with Crippen LogP contribution in [0.1, 0.15) is 6.92 Å². The van der Waals surface area contributed by atoms with Crippen molar-refractivity contribution in [2.75, 3.05) is 13.2 Å². The lowest BCUT2D eigenvalue weighted by atomic mass is 10.3. The Balaban J connectivity index is 2.34. The Morgan fingerprint density at radius 3 is 2.71 bits per heavy atom. The summed E-state index contributed by atoms with van der Waals surface area (Å²) in [6.45, 7) is 2.54. The molecule has 0 bridgehead atoms. The van der Waals surface area contributed by atoms with Crippen LogP contribution in [0.4, 0.5) is 0 Å². The van der Waals surface area contributed by atoms with Crippen LogP contribution in [0.25, 0.3) is 0 Å². The van der Waals surface area contributed by atoms with E-state index >= 15 is 0 Å². The fourth-order valence-corrected chi connectivity index (χ4v) is 2.22. The predicted octanol–water partition coefficient (Wildman–Crippen LogP) is 2.93. The average molecular weight is 366 g/mol. The molecule has 6 heteroatoms. The number of ether oxygens (including phenoxy) is 2. The van der Waals surface area contributed by atoms with Gasteiger partial charge in [0.25, 0.3) is 0 Å². The van der Waals surface area contributed by atoms with Crippen LogP contribution in [-0.2, 0) is 4.74 Å². The normalized spacial score (nSPS) is 12.2. The van der Waals surface area contributed by atoms with E-state index in [4.69, 9.17) is 20.6 Å². The number of nitrogens with two attached hydrogens (primary N) is 1. The van der Waals surface area contributed by atoms with E-state index in [1.165, 1.54) is 0 Å². The maximum absolute atomic E-state index is 7.16. The number of benzene rings is 1. The van der Waals surface area contributed by atoms with E-state index in [9.17, 15) is 0 Å². The molecular formula is C11H14Br2N2O2. The van der Waals surface area contributed by atoms with Gasteiger partial charge in [-0.15, -0.1) is 0 Å². The quantitative estimate of drug-likeness (QED) is 0.462. The number of halogens is 2. The van der Waals surface area contributed by atoms with E-state index in [-0.39, 0.29) is 11.9 Å². The Bertz CT molecular complexity index is 399.